The normalized spacial score (nSPS) is 11.8. The van der Waals surface area contributed by atoms with Gasteiger partial charge in [0.2, 0.25) is 0 Å². The van der Waals surface area contributed by atoms with Crippen molar-refractivity contribution in [3.8, 4) is 0 Å². The number of nitrogens with zero attached hydrogens (tertiary/aromatic N) is 1. The van der Waals surface area contributed by atoms with Gasteiger partial charge in [0, 0.05) is 31.8 Å². The molecule has 0 bridgehead atoms. The van der Waals surface area contributed by atoms with Crippen molar-refractivity contribution in [2.75, 3.05) is 14.2 Å². The fourth-order valence-electron chi connectivity index (χ4n) is 2.65. The average molecular weight is 339 g/mol. The zero-order valence-corrected chi connectivity index (χ0v) is 14.9. The zero-order chi connectivity index (χ0) is 16.8. The Labute approximate surface area is 143 Å². The fourth-order valence-corrected chi connectivity index (χ4v) is 4.57. The number of fused-ring (bicyclic) bond motifs is 1. The van der Waals surface area contributed by atoms with Crippen molar-refractivity contribution in [2.24, 2.45) is 0 Å². The third kappa shape index (κ3) is 3.88. The number of aromatic nitrogens is 1. The van der Waals surface area contributed by atoms with E-state index in [2.05, 4.69) is 23.2 Å². The van der Waals surface area contributed by atoms with Gasteiger partial charge >= 0.3 is 8.80 Å². The molecule has 0 unspecified atom stereocenters. The summed E-state index contributed by atoms with van der Waals surface area (Å²) in [4.78, 5) is 4.34. The molecule has 1 aromatic heterocycles. The fraction of sp³-hybridized carbons (Fsp3) is 0.211. The maximum atomic E-state index is 6.14. The SMILES string of the molecule is CO[Si](Cc1ccccc1)(OC)OCc1ccc2ncccc2c1. The minimum absolute atomic E-state index is 0.450. The van der Waals surface area contributed by atoms with Crippen LogP contribution < -0.4 is 0 Å². The standard InChI is InChI=1S/C19H21NO3Si/c1-21-24(22-2,15-16-7-4-3-5-8-16)23-14-17-10-11-19-18(13-17)9-6-12-20-19/h3-13H,14-15H2,1-2H3. The molecule has 0 fully saturated rings. The number of hydrogen-bond donors (Lipinski definition) is 0. The Morgan fingerprint density at radius 1 is 0.875 bits per heavy atom. The molecule has 0 atom stereocenters. The van der Waals surface area contributed by atoms with E-state index in [1.54, 1.807) is 20.4 Å². The largest absolute Gasteiger partial charge is 0.505 e. The summed E-state index contributed by atoms with van der Waals surface area (Å²) in [6.07, 6.45) is 1.80. The van der Waals surface area contributed by atoms with E-state index in [0.29, 0.717) is 12.7 Å². The lowest BCUT2D eigenvalue weighted by atomic mass is 10.1. The van der Waals surface area contributed by atoms with Crippen molar-refractivity contribution in [3.63, 3.8) is 0 Å². The van der Waals surface area contributed by atoms with E-state index in [1.165, 1.54) is 0 Å². The monoisotopic (exact) mass is 339 g/mol. The van der Waals surface area contributed by atoms with E-state index in [-0.39, 0.29) is 0 Å². The highest BCUT2D eigenvalue weighted by atomic mass is 28.4. The maximum Gasteiger partial charge on any atom is 0.505 e. The number of pyridine rings is 1. The molecule has 0 aliphatic rings. The van der Waals surface area contributed by atoms with Crippen LogP contribution in [0.4, 0.5) is 0 Å². The second-order valence-corrected chi connectivity index (χ2v) is 8.40. The van der Waals surface area contributed by atoms with Crippen LogP contribution >= 0.6 is 0 Å². The highest BCUT2D eigenvalue weighted by Crippen LogP contribution is 2.19. The smallest absolute Gasteiger partial charge is 0.377 e. The molecule has 3 aromatic rings. The van der Waals surface area contributed by atoms with Gasteiger partial charge in [-0.1, -0.05) is 42.5 Å². The minimum Gasteiger partial charge on any atom is -0.377 e. The van der Waals surface area contributed by atoms with Gasteiger partial charge in [-0.2, -0.15) is 0 Å². The number of hydrogen-bond acceptors (Lipinski definition) is 4. The first-order valence-electron chi connectivity index (χ1n) is 7.86. The van der Waals surface area contributed by atoms with Crippen LogP contribution in [0.15, 0.2) is 66.9 Å². The van der Waals surface area contributed by atoms with Crippen molar-refractivity contribution >= 4 is 19.7 Å². The summed E-state index contributed by atoms with van der Waals surface area (Å²) < 4.78 is 17.5. The Morgan fingerprint density at radius 3 is 2.42 bits per heavy atom. The summed E-state index contributed by atoms with van der Waals surface area (Å²) in [7, 11) is 0.561. The van der Waals surface area contributed by atoms with Crippen LogP contribution in [0.1, 0.15) is 11.1 Å². The van der Waals surface area contributed by atoms with Crippen molar-refractivity contribution in [2.45, 2.75) is 12.7 Å². The summed E-state index contributed by atoms with van der Waals surface area (Å²) in [6.45, 7) is 0.450. The van der Waals surface area contributed by atoms with E-state index in [0.717, 1.165) is 22.0 Å². The van der Waals surface area contributed by atoms with Gasteiger partial charge in [0.1, 0.15) is 0 Å². The van der Waals surface area contributed by atoms with E-state index in [4.69, 9.17) is 13.3 Å². The summed E-state index contributed by atoms with van der Waals surface area (Å²) >= 11 is 0. The summed E-state index contributed by atoms with van der Waals surface area (Å²) in [5, 5.41) is 1.10. The lowest BCUT2D eigenvalue weighted by Gasteiger charge is -2.26. The number of benzene rings is 2. The first kappa shape index (κ1) is 16.8. The zero-order valence-electron chi connectivity index (χ0n) is 13.9. The summed E-state index contributed by atoms with van der Waals surface area (Å²) in [5.41, 5.74) is 3.21. The van der Waals surface area contributed by atoms with Gasteiger partial charge in [0.25, 0.3) is 0 Å². The topological polar surface area (TPSA) is 40.6 Å². The molecule has 0 saturated heterocycles. The molecule has 1 heterocycles. The van der Waals surface area contributed by atoms with E-state index in [1.807, 2.05) is 42.5 Å². The molecule has 0 amide bonds. The van der Waals surface area contributed by atoms with Crippen LogP contribution in [0.2, 0.25) is 0 Å². The highest BCUT2D eigenvalue weighted by molar-refractivity contribution is 6.60. The van der Waals surface area contributed by atoms with Crippen molar-refractivity contribution in [3.05, 3.63) is 78.0 Å². The molecule has 2 aromatic carbocycles. The molecule has 0 aliphatic heterocycles. The molecular formula is C19H21NO3Si. The lowest BCUT2D eigenvalue weighted by Crippen LogP contribution is -2.46. The Morgan fingerprint density at radius 2 is 1.67 bits per heavy atom. The Bertz CT molecular complexity index is 791. The first-order chi connectivity index (χ1) is 11.7. The minimum atomic E-state index is -2.75. The molecule has 124 valence electrons. The third-order valence-electron chi connectivity index (χ3n) is 4.01. The molecule has 5 heteroatoms. The summed E-state index contributed by atoms with van der Waals surface area (Å²) in [5.74, 6) is 0. The predicted octanol–water partition coefficient (Wildman–Crippen LogP) is 3.77. The third-order valence-corrected chi connectivity index (χ3v) is 6.68. The van der Waals surface area contributed by atoms with Crippen LogP contribution in [0, 0.1) is 0 Å². The highest BCUT2D eigenvalue weighted by Gasteiger charge is 2.39. The van der Waals surface area contributed by atoms with Gasteiger partial charge in [-0.25, -0.2) is 0 Å². The van der Waals surface area contributed by atoms with Crippen LogP contribution in [-0.2, 0) is 25.9 Å². The van der Waals surface area contributed by atoms with Crippen LogP contribution in [0.25, 0.3) is 10.9 Å². The van der Waals surface area contributed by atoms with Crippen LogP contribution in [0.5, 0.6) is 0 Å². The first-order valence-corrected chi connectivity index (χ1v) is 9.80. The molecule has 4 nitrogen and oxygen atoms in total. The predicted molar refractivity (Wildman–Crippen MR) is 96.5 cm³/mol. The van der Waals surface area contributed by atoms with Gasteiger partial charge in [-0.15, -0.1) is 0 Å². The molecule has 0 radical (unpaired) electrons. The second kappa shape index (κ2) is 7.68. The average Bonchev–Trinajstić information content (AvgIpc) is 2.66. The Kier molecular flexibility index (Phi) is 5.37. The Hall–Kier alpha value is -2.05. The molecule has 0 aliphatic carbocycles. The Balaban J connectivity index is 1.75. The van der Waals surface area contributed by atoms with E-state index in [9.17, 15) is 0 Å². The molecule has 3 rings (SSSR count). The van der Waals surface area contributed by atoms with Gasteiger partial charge in [0.15, 0.2) is 0 Å². The molecular weight excluding hydrogens is 318 g/mol. The van der Waals surface area contributed by atoms with Crippen molar-refractivity contribution in [1.29, 1.82) is 0 Å². The quantitative estimate of drug-likeness (QED) is 0.615. The molecule has 0 spiro atoms. The molecule has 0 N–H and O–H groups in total. The van der Waals surface area contributed by atoms with Crippen molar-refractivity contribution in [1.82, 2.24) is 4.98 Å². The van der Waals surface area contributed by atoms with Crippen LogP contribution in [-0.4, -0.2) is 28.0 Å². The number of rotatable bonds is 7. The van der Waals surface area contributed by atoms with E-state index < -0.39 is 8.80 Å². The second-order valence-electron chi connectivity index (χ2n) is 5.57. The van der Waals surface area contributed by atoms with Gasteiger partial charge in [-0.05, 0) is 29.3 Å². The van der Waals surface area contributed by atoms with Crippen molar-refractivity contribution < 1.29 is 13.3 Å². The van der Waals surface area contributed by atoms with Crippen LogP contribution in [0.3, 0.4) is 0 Å². The van der Waals surface area contributed by atoms with Gasteiger partial charge in [-0.3, -0.25) is 4.98 Å². The van der Waals surface area contributed by atoms with Gasteiger partial charge in [0.05, 0.1) is 12.1 Å². The van der Waals surface area contributed by atoms with E-state index >= 15 is 0 Å². The molecule has 24 heavy (non-hydrogen) atoms. The molecule has 0 saturated carbocycles. The lowest BCUT2D eigenvalue weighted by molar-refractivity contribution is 0.0904. The maximum absolute atomic E-state index is 6.14. The summed E-state index contributed by atoms with van der Waals surface area (Å²) in [6, 6.07) is 20.9. The van der Waals surface area contributed by atoms with Gasteiger partial charge < -0.3 is 13.3 Å².